The Morgan fingerprint density at radius 2 is 1.71 bits per heavy atom. The van der Waals surface area contributed by atoms with Crippen molar-refractivity contribution in [2.45, 2.75) is 32.6 Å². The molecular weight excluding hydrogens is 472 g/mol. The molecule has 0 fully saturated rings. The maximum absolute atomic E-state index is 4.50. The van der Waals surface area contributed by atoms with Crippen molar-refractivity contribution in [2.24, 2.45) is 0 Å². The molecule has 1 heterocycles. The molecule has 24 heavy (non-hydrogen) atoms. The molecule has 1 aliphatic carbocycles. The van der Waals surface area contributed by atoms with Crippen molar-refractivity contribution in [1.82, 2.24) is 9.97 Å². The zero-order valence-corrected chi connectivity index (χ0v) is 16.4. The van der Waals surface area contributed by atoms with Crippen LogP contribution in [0.2, 0.25) is 0 Å². The van der Waals surface area contributed by atoms with Crippen molar-refractivity contribution < 1.29 is 20.1 Å². The van der Waals surface area contributed by atoms with E-state index < -0.39 is 0 Å². The molecule has 3 aromatic rings. The van der Waals surface area contributed by atoms with Gasteiger partial charge in [-0.25, -0.2) is 0 Å². The summed E-state index contributed by atoms with van der Waals surface area (Å²) in [5.74, 6) is 0.743. The van der Waals surface area contributed by atoms with Crippen LogP contribution in [-0.2, 0) is 31.9 Å². The SMILES string of the molecule is CCc1cnc(-c2[c-]cc3c(c2)-c2ccccc2C3(C)C)nc1.[Ir]. The van der Waals surface area contributed by atoms with Crippen molar-refractivity contribution in [2.75, 3.05) is 0 Å². The maximum atomic E-state index is 4.50. The Kier molecular flexibility index (Phi) is 4.42. The summed E-state index contributed by atoms with van der Waals surface area (Å²) < 4.78 is 0. The Bertz CT molecular complexity index is 883. The summed E-state index contributed by atoms with van der Waals surface area (Å²) in [6.45, 7) is 6.66. The summed E-state index contributed by atoms with van der Waals surface area (Å²) in [6.07, 6.45) is 4.76. The first-order chi connectivity index (χ1) is 11.1. The number of benzene rings is 2. The minimum atomic E-state index is 0. The summed E-state index contributed by atoms with van der Waals surface area (Å²) in [5.41, 5.74) is 7.43. The van der Waals surface area contributed by atoms with Crippen LogP contribution in [0.5, 0.6) is 0 Å². The Morgan fingerprint density at radius 1 is 1.00 bits per heavy atom. The van der Waals surface area contributed by atoms with Gasteiger partial charge in [-0.15, -0.1) is 29.3 Å². The molecule has 4 rings (SSSR count). The fourth-order valence-corrected chi connectivity index (χ4v) is 3.44. The van der Waals surface area contributed by atoms with Crippen molar-refractivity contribution >= 4 is 0 Å². The van der Waals surface area contributed by atoms with Crippen LogP contribution >= 0.6 is 0 Å². The molecule has 1 aromatic heterocycles. The van der Waals surface area contributed by atoms with Crippen molar-refractivity contribution in [3.63, 3.8) is 0 Å². The third kappa shape index (κ3) is 2.53. The predicted octanol–water partition coefficient (Wildman–Crippen LogP) is 4.81. The Hall–Kier alpha value is -1.83. The second kappa shape index (κ2) is 6.23. The van der Waals surface area contributed by atoms with Gasteiger partial charge in [0.25, 0.3) is 0 Å². The van der Waals surface area contributed by atoms with Crippen LogP contribution in [0.4, 0.5) is 0 Å². The summed E-state index contributed by atoms with van der Waals surface area (Å²) >= 11 is 0. The van der Waals surface area contributed by atoms with Crippen LogP contribution in [0.15, 0.2) is 48.8 Å². The van der Waals surface area contributed by atoms with Gasteiger partial charge in [-0.3, -0.25) is 9.97 Å². The maximum Gasteiger partial charge on any atom is 0.0748 e. The molecule has 2 nitrogen and oxygen atoms in total. The van der Waals surface area contributed by atoms with E-state index in [0.29, 0.717) is 0 Å². The number of aryl methyl sites for hydroxylation is 1. The molecule has 0 N–H and O–H groups in total. The Labute approximate surface area is 156 Å². The third-order valence-electron chi connectivity index (χ3n) is 4.87. The number of hydrogen-bond acceptors (Lipinski definition) is 2. The fourth-order valence-electron chi connectivity index (χ4n) is 3.44. The van der Waals surface area contributed by atoms with Gasteiger partial charge in [0, 0.05) is 32.5 Å². The molecule has 0 amide bonds. The van der Waals surface area contributed by atoms with Gasteiger partial charge in [-0.1, -0.05) is 50.6 Å². The van der Waals surface area contributed by atoms with Gasteiger partial charge in [-0.2, -0.15) is 0 Å². The van der Waals surface area contributed by atoms with E-state index in [1.165, 1.54) is 22.3 Å². The fraction of sp³-hybridized carbons (Fsp3) is 0.238. The van der Waals surface area contributed by atoms with Crippen LogP contribution in [0.25, 0.3) is 22.5 Å². The molecule has 3 heteroatoms. The normalized spacial score (nSPS) is 13.8. The summed E-state index contributed by atoms with van der Waals surface area (Å²) in [6, 6.07) is 16.3. The van der Waals surface area contributed by atoms with E-state index in [9.17, 15) is 0 Å². The van der Waals surface area contributed by atoms with E-state index in [0.717, 1.165) is 23.4 Å². The van der Waals surface area contributed by atoms with Crippen LogP contribution in [-0.4, -0.2) is 9.97 Å². The molecule has 0 bridgehead atoms. The zero-order chi connectivity index (χ0) is 16.0. The van der Waals surface area contributed by atoms with Crippen LogP contribution < -0.4 is 0 Å². The van der Waals surface area contributed by atoms with Crippen LogP contribution in [0.3, 0.4) is 0 Å². The monoisotopic (exact) mass is 492 g/mol. The van der Waals surface area contributed by atoms with E-state index in [2.05, 4.69) is 73.2 Å². The minimum absolute atomic E-state index is 0. The van der Waals surface area contributed by atoms with Gasteiger partial charge in [0.15, 0.2) is 0 Å². The Balaban J connectivity index is 0.00000169. The molecule has 0 atom stereocenters. The molecule has 123 valence electrons. The average Bonchev–Trinajstić information content (AvgIpc) is 2.83. The molecule has 0 aliphatic heterocycles. The summed E-state index contributed by atoms with van der Waals surface area (Å²) in [4.78, 5) is 8.99. The number of rotatable bonds is 2. The van der Waals surface area contributed by atoms with E-state index in [4.69, 9.17) is 0 Å². The number of fused-ring (bicyclic) bond motifs is 3. The van der Waals surface area contributed by atoms with Crippen LogP contribution in [0, 0.1) is 6.07 Å². The van der Waals surface area contributed by atoms with Gasteiger partial charge in [0.1, 0.15) is 0 Å². The molecule has 0 saturated heterocycles. The van der Waals surface area contributed by atoms with Crippen molar-refractivity contribution in [1.29, 1.82) is 0 Å². The van der Waals surface area contributed by atoms with Gasteiger partial charge in [-0.05, 0) is 28.5 Å². The first-order valence-corrected chi connectivity index (χ1v) is 8.08. The minimum Gasteiger partial charge on any atom is -0.285 e. The van der Waals surface area contributed by atoms with Gasteiger partial charge < -0.3 is 0 Å². The molecule has 0 saturated carbocycles. The standard InChI is InChI=1S/C21H19N2.Ir/c1-4-14-12-22-20(23-13-14)15-9-10-19-17(11-15)16-7-5-6-8-18(16)21(19,2)3;/h5-8,10-13H,4H2,1-3H3;/q-1;. The van der Waals surface area contributed by atoms with Gasteiger partial charge in [0.2, 0.25) is 0 Å². The number of hydrogen-bond donors (Lipinski definition) is 0. The third-order valence-corrected chi connectivity index (χ3v) is 4.87. The second-order valence-electron chi connectivity index (χ2n) is 6.61. The summed E-state index contributed by atoms with van der Waals surface area (Å²) in [5, 5.41) is 0. The first kappa shape index (κ1) is 17.0. The predicted molar refractivity (Wildman–Crippen MR) is 93.2 cm³/mol. The molecular formula is C21H19IrN2-. The molecule has 1 aliphatic rings. The van der Waals surface area contributed by atoms with Crippen molar-refractivity contribution in [3.8, 4) is 22.5 Å². The van der Waals surface area contributed by atoms with E-state index in [1.54, 1.807) is 0 Å². The van der Waals surface area contributed by atoms with Gasteiger partial charge in [0.05, 0.1) is 5.82 Å². The van der Waals surface area contributed by atoms with Crippen molar-refractivity contribution in [3.05, 3.63) is 71.5 Å². The number of aromatic nitrogens is 2. The van der Waals surface area contributed by atoms with Crippen LogP contribution in [0.1, 0.15) is 37.5 Å². The topological polar surface area (TPSA) is 25.8 Å². The second-order valence-corrected chi connectivity index (χ2v) is 6.61. The molecule has 0 unspecified atom stereocenters. The first-order valence-electron chi connectivity index (χ1n) is 8.08. The smallest absolute Gasteiger partial charge is 0.0748 e. The Morgan fingerprint density at radius 3 is 2.42 bits per heavy atom. The van der Waals surface area contributed by atoms with E-state index >= 15 is 0 Å². The number of nitrogens with zero attached hydrogens (tertiary/aromatic N) is 2. The average molecular weight is 492 g/mol. The molecule has 2 aromatic carbocycles. The largest absolute Gasteiger partial charge is 0.285 e. The molecule has 0 spiro atoms. The van der Waals surface area contributed by atoms with E-state index in [-0.39, 0.29) is 25.5 Å². The van der Waals surface area contributed by atoms with E-state index in [1.807, 2.05) is 12.4 Å². The molecule has 1 radical (unpaired) electrons. The quantitative estimate of drug-likeness (QED) is 0.481. The summed E-state index contributed by atoms with van der Waals surface area (Å²) in [7, 11) is 0. The zero-order valence-electron chi connectivity index (χ0n) is 14.1. The van der Waals surface area contributed by atoms with Gasteiger partial charge >= 0.3 is 0 Å².